The lowest BCUT2D eigenvalue weighted by molar-refractivity contribution is 0.197. The molecule has 21 heavy (non-hydrogen) atoms. The van der Waals surface area contributed by atoms with Crippen LogP contribution < -0.4 is 5.32 Å². The zero-order chi connectivity index (χ0) is 15.2. The maximum absolute atomic E-state index is 12.2. The standard InChI is InChI=1S/C15H26N4OS/c1-12(2)14-11-18(7-8-21-14)15(20)16-5-4-6-19-10-13(3)9-17-19/h9-10,12,14H,4-8,11H2,1-3H3,(H,16,20). The lowest BCUT2D eigenvalue weighted by Crippen LogP contribution is -2.48. The molecule has 1 aromatic rings. The van der Waals surface area contributed by atoms with Crippen molar-refractivity contribution in [3.05, 3.63) is 18.0 Å². The van der Waals surface area contributed by atoms with Crippen molar-refractivity contribution in [2.75, 3.05) is 25.4 Å². The molecule has 1 N–H and O–H groups in total. The molecular formula is C15H26N4OS. The van der Waals surface area contributed by atoms with Crippen LogP contribution in [0.4, 0.5) is 4.79 Å². The van der Waals surface area contributed by atoms with Gasteiger partial charge in [-0.3, -0.25) is 4.68 Å². The molecule has 1 fully saturated rings. The van der Waals surface area contributed by atoms with Crippen LogP contribution in [-0.2, 0) is 6.54 Å². The summed E-state index contributed by atoms with van der Waals surface area (Å²) in [5.74, 6) is 1.66. The van der Waals surface area contributed by atoms with Gasteiger partial charge in [0.25, 0.3) is 0 Å². The first-order chi connectivity index (χ1) is 10.1. The zero-order valence-corrected chi connectivity index (χ0v) is 14.0. The highest BCUT2D eigenvalue weighted by atomic mass is 32.2. The molecule has 2 heterocycles. The normalized spacial score (nSPS) is 19.0. The van der Waals surface area contributed by atoms with E-state index in [1.54, 1.807) is 0 Å². The third-order valence-corrected chi connectivity index (χ3v) is 5.27. The van der Waals surface area contributed by atoms with Crippen LogP contribution in [0.5, 0.6) is 0 Å². The summed E-state index contributed by atoms with van der Waals surface area (Å²) in [7, 11) is 0. The first-order valence-electron chi connectivity index (χ1n) is 7.69. The Morgan fingerprint density at radius 3 is 3.05 bits per heavy atom. The Labute approximate surface area is 131 Å². The van der Waals surface area contributed by atoms with E-state index in [0.29, 0.717) is 17.7 Å². The van der Waals surface area contributed by atoms with E-state index in [2.05, 4.69) is 24.3 Å². The van der Waals surface area contributed by atoms with Crippen molar-refractivity contribution in [2.45, 2.75) is 39.0 Å². The highest BCUT2D eigenvalue weighted by molar-refractivity contribution is 8.00. The largest absolute Gasteiger partial charge is 0.338 e. The van der Waals surface area contributed by atoms with Gasteiger partial charge in [0.1, 0.15) is 0 Å². The van der Waals surface area contributed by atoms with Gasteiger partial charge in [-0.15, -0.1) is 0 Å². The van der Waals surface area contributed by atoms with Crippen LogP contribution in [0.3, 0.4) is 0 Å². The van der Waals surface area contributed by atoms with E-state index in [-0.39, 0.29) is 6.03 Å². The van der Waals surface area contributed by atoms with Gasteiger partial charge >= 0.3 is 6.03 Å². The number of hydrogen-bond donors (Lipinski definition) is 1. The average Bonchev–Trinajstić information content (AvgIpc) is 2.89. The van der Waals surface area contributed by atoms with Gasteiger partial charge in [0, 0.05) is 43.4 Å². The lowest BCUT2D eigenvalue weighted by Gasteiger charge is -2.34. The Bertz CT molecular complexity index is 460. The Kier molecular flexibility index (Phi) is 5.96. The number of amides is 2. The molecule has 2 amide bonds. The van der Waals surface area contributed by atoms with Gasteiger partial charge in [-0.1, -0.05) is 13.8 Å². The topological polar surface area (TPSA) is 50.2 Å². The van der Waals surface area contributed by atoms with Gasteiger partial charge in [-0.25, -0.2) is 4.79 Å². The minimum atomic E-state index is 0.0811. The van der Waals surface area contributed by atoms with Crippen molar-refractivity contribution in [3.8, 4) is 0 Å². The van der Waals surface area contributed by atoms with Crippen molar-refractivity contribution >= 4 is 17.8 Å². The number of carbonyl (C=O) groups excluding carboxylic acids is 1. The molecule has 1 aliphatic rings. The van der Waals surface area contributed by atoms with Gasteiger partial charge in [-0.2, -0.15) is 16.9 Å². The minimum Gasteiger partial charge on any atom is -0.338 e. The molecule has 2 rings (SSSR count). The molecule has 5 nitrogen and oxygen atoms in total. The maximum atomic E-state index is 12.2. The summed E-state index contributed by atoms with van der Waals surface area (Å²) in [5.41, 5.74) is 1.17. The quantitative estimate of drug-likeness (QED) is 0.850. The van der Waals surface area contributed by atoms with Crippen LogP contribution in [0.2, 0.25) is 0 Å². The Balaban J connectivity index is 1.67. The Hall–Kier alpha value is -1.17. The van der Waals surface area contributed by atoms with E-state index >= 15 is 0 Å². The molecule has 118 valence electrons. The van der Waals surface area contributed by atoms with Crippen LogP contribution in [0.1, 0.15) is 25.8 Å². The zero-order valence-electron chi connectivity index (χ0n) is 13.2. The van der Waals surface area contributed by atoms with Gasteiger partial charge < -0.3 is 10.2 Å². The SMILES string of the molecule is Cc1cnn(CCCNC(=O)N2CCSC(C(C)C)C2)c1. The number of aryl methyl sites for hydroxylation is 2. The number of hydrogen-bond acceptors (Lipinski definition) is 3. The predicted octanol–water partition coefficient (Wildman–Crippen LogP) is 2.36. The van der Waals surface area contributed by atoms with Crippen molar-refractivity contribution in [3.63, 3.8) is 0 Å². The molecule has 0 bridgehead atoms. The van der Waals surface area contributed by atoms with Gasteiger partial charge in [0.05, 0.1) is 6.20 Å². The van der Waals surface area contributed by atoms with Gasteiger partial charge in [0.2, 0.25) is 0 Å². The summed E-state index contributed by atoms with van der Waals surface area (Å²) in [6.45, 7) is 9.76. The van der Waals surface area contributed by atoms with E-state index in [9.17, 15) is 4.79 Å². The summed E-state index contributed by atoms with van der Waals surface area (Å²) in [6.07, 6.45) is 4.79. The highest BCUT2D eigenvalue weighted by Gasteiger charge is 2.25. The second-order valence-electron chi connectivity index (χ2n) is 5.97. The molecule has 6 heteroatoms. The summed E-state index contributed by atoms with van der Waals surface area (Å²) >= 11 is 1.99. The molecular weight excluding hydrogens is 284 g/mol. The number of carbonyl (C=O) groups is 1. The number of thioether (sulfide) groups is 1. The Morgan fingerprint density at radius 2 is 2.38 bits per heavy atom. The third kappa shape index (κ3) is 4.95. The van der Waals surface area contributed by atoms with Crippen molar-refractivity contribution in [2.24, 2.45) is 5.92 Å². The van der Waals surface area contributed by atoms with Gasteiger partial charge in [-0.05, 0) is 24.8 Å². The van der Waals surface area contributed by atoms with Crippen LogP contribution in [0, 0.1) is 12.8 Å². The number of nitrogens with zero attached hydrogens (tertiary/aromatic N) is 3. The fourth-order valence-corrected chi connectivity index (χ4v) is 3.70. The molecule has 1 aliphatic heterocycles. The molecule has 0 aromatic carbocycles. The van der Waals surface area contributed by atoms with Crippen LogP contribution >= 0.6 is 11.8 Å². The van der Waals surface area contributed by atoms with Crippen molar-refractivity contribution < 1.29 is 4.79 Å². The number of rotatable bonds is 5. The van der Waals surface area contributed by atoms with E-state index in [0.717, 1.165) is 31.8 Å². The second-order valence-corrected chi connectivity index (χ2v) is 7.31. The molecule has 0 spiro atoms. The van der Waals surface area contributed by atoms with E-state index in [4.69, 9.17) is 0 Å². The summed E-state index contributed by atoms with van der Waals surface area (Å²) in [4.78, 5) is 14.1. The number of aromatic nitrogens is 2. The predicted molar refractivity (Wildman–Crippen MR) is 87.6 cm³/mol. The minimum absolute atomic E-state index is 0.0811. The summed E-state index contributed by atoms with van der Waals surface area (Å²) in [5, 5.41) is 7.83. The molecule has 0 aliphatic carbocycles. The van der Waals surface area contributed by atoms with Crippen molar-refractivity contribution in [1.82, 2.24) is 20.0 Å². The van der Waals surface area contributed by atoms with E-state index in [1.165, 1.54) is 5.56 Å². The molecule has 0 saturated carbocycles. The molecule has 1 unspecified atom stereocenters. The average molecular weight is 310 g/mol. The smallest absolute Gasteiger partial charge is 0.317 e. The van der Waals surface area contributed by atoms with Crippen LogP contribution in [-0.4, -0.2) is 51.3 Å². The third-order valence-electron chi connectivity index (χ3n) is 3.73. The van der Waals surface area contributed by atoms with Crippen molar-refractivity contribution in [1.29, 1.82) is 0 Å². The molecule has 0 radical (unpaired) electrons. The summed E-state index contributed by atoms with van der Waals surface area (Å²) < 4.78 is 1.92. The fourth-order valence-electron chi connectivity index (χ4n) is 2.40. The summed E-state index contributed by atoms with van der Waals surface area (Å²) in [6, 6.07) is 0.0811. The molecule has 1 aromatic heterocycles. The lowest BCUT2D eigenvalue weighted by atomic mass is 10.1. The van der Waals surface area contributed by atoms with Gasteiger partial charge in [0.15, 0.2) is 0 Å². The number of nitrogens with one attached hydrogen (secondary N) is 1. The maximum Gasteiger partial charge on any atom is 0.317 e. The monoisotopic (exact) mass is 310 g/mol. The molecule has 1 atom stereocenters. The second kappa shape index (κ2) is 7.73. The van der Waals surface area contributed by atoms with Crippen LogP contribution in [0.25, 0.3) is 0 Å². The van der Waals surface area contributed by atoms with Crippen LogP contribution in [0.15, 0.2) is 12.4 Å². The highest BCUT2D eigenvalue weighted by Crippen LogP contribution is 2.24. The first kappa shape index (κ1) is 16.2. The first-order valence-corrected chi connectivity index (χ1v) is 8.74. The number of urea groups is 1. The van der Waals surface area contributed by atoms with E-state index in [1.807, 2.05) is 40.7 Å². The fraction of sp³-hybridized carbons (Fsp3) is 0.733. The Morgan fingerprint density at radius 1 is 1.57 bits per heavy atom. The van der Waals surface area contributed by atoms with E-state index < -0.39 is 0 Å². The molecule has 1 saturated heterocycles.